The molecule has 30 heavy (non-hydrogen) atoms. The number of hydrogen-bond acceptors (Lipinski definition) is 6. The van der Waals surface area contributed by atoms with Gasteiger partial charge in [0.05, 0.1) is 15.8 Å². The van der Waals surface area contributed by atoms with Crippen LogP contribution in [0.15, 0.2) is 35.1 Å². The van der Waals surface area contributed by atoms with Gasteiger partial charge in [-0.25, -0.2) is 4.98 Å². The van der Waals surface area contributed by atoms with Crippen molar-refractivity contribution < 1.29 is 9.32 Å². The van der Waals surface area contributed by atoms with E-state index in [2.05, 4.69) is 34.2 Å². The summed E-state index contributed by atoms with van der Waals surface area (Å²) in [5.41, 5.74) is 0.725. The Hall–Kier alpha value is -2.16. The first-order chi connectivity index (χ1) is 14.5. The summed E-state index contributed by atoms with van der Waals surface area (Å²) in [6, 6.07) is 6.18. The molecular formula is C21H26ClN5O2S. The summed E-state index contributed by atoms with van der Waals surface area (Å²) < 4.78 is 7.92. The molecule has 1 fully saturated rings. The molecule has 1 saturated heterocycles. The lowest BCUT2D eigenvalue weighted by Gasteiger charge is -2.34. The minimum absolute atomic E-state index is 0.153. The number of nitrogens with one attached hydrogen (secondary N) is 1. The summed E-state index contributed by atoms with van der Waals surface area (Å²) >= 11 is 7.43. The second-order valence-electron chi connectivity index (χ2n) is 7.95. The summed E-state index contributed by atoms with van der Waals surface area (Å²) in [6.07, 6.45) is 5.64. The molecule has 160 valence electrons. The van der Waals surface area contributed by atoms with Gasteiger partial charge in [-0.1, -0.05) is 16.8 Å². The average Bonchev–Trinajstić information content (AvgIpc) is 3.48. The van der Waals surface area contributed by atoms with Gasteiger partial charge in [-0.3, -0.25) is 4.79 Å². The van der Waals surface area contributed by atoms with E-state index in [1.807, 2.05) is 18.2 Å². The first-order valence-electron chi connectivity index (χ1n) is 10.2. The fourth-order valence-corrected chi connectivity index (χ4v) is 4.75. The van der Waals surface area contributed by atoms with E-state index in [4.69, 9.17) is 16.1 Å². The van der Waals surface area contributed by atoms with Gasteiger partial charge in [0.1, 0.15) is 5.69 Å². The minimum Gasteiger partial charge on any atom is -0.355 e. The van der Waals surface area contributed by atoms with Crippen LogP contribution in [0.1, 0.15) is 43.0 Å². The van der Waals surface area contributed by atoms with Crippen LogP contribution in [0.4, 0.5) is 0 Å². The van der Waals surface area contributed by atoms with Gasteiger partial charge in [0.15, 0.2) is 11.6 Å². The van der Waals surface area contributed by atoms with Crippen molar-refractivity contribution in [3.63, 3.8) is 0 Å². The normalized spacial score (nSPS) is 15.7. The highest BCUT2D eigenvalue weighted by Crippen LogP contribution is 2.31. The van der Waals surface area contributed by atoms with Gasteiger partial charge in [-0.05, 0) is 57.8 Å². The molecule has 4 heterocycles. The van der Waals surface area contributed by atoms with Crippen LogP contribution in [0.2, 0.25) is 4.34 Å². The fourth-order valence-electron chi connectivity index (χ4n) is 3.76. The van der Waals surface area contributed by atoms with Crippen LogP contribution in [0.5, 0.6) is 0 Å². The molecule has 3 aromatic heterocycles. The molecule has 0 aromatic carbocycles. The highest BCUT2D eigenvalue weighted by atomic mass is 35.5. The standard InChI is InChI=1S/C21H26ClN5O2S/c1-14(2)26-8-5-15(6-9-26)12-24-21(28)20-23-7-10-27(20)13-16-11-17(29-25-16)18-3-4-19(22)30-18/h3-4,7,10-11,14-15H,5-6,8-9,12-13H2,1-2H3,(H,24,28). The van der Waals surface area contributed by atoms with Gasteiger partial charge < -0.3 is 19.3 Å². The van der Waals surface area contributed by atoms with Crippen LogP contribution in [0.25, 0.3) is 10.6 Å². The minimum atomic E-state index is -0.153. The largest absolute Gasteiger partial charge is 0.355 e. The van der Waals surface area contributed by atoms with E-state index < -0.39 is 0 Å². The molecule has 1 amide bonds. The Morgan fingerprint density at radius 1 is 1.37 bits per heavy atom. The topological polar surface area (TPSA) is 76.2 Å². The van der Waals surface area contributed by atoms with E-state index in [0.29, 0.717) is 41.0 Å². The predicted molar refractivity (Wildman–Crippen MR) is 118 cm³/mol. The smallest absolute Gasteiger partial charge is 0.287 e. The Morgan fingerprint density at radius 2 is 2.17 bits per heavy atom. The number of halogens is 1. The molecule has 0 spiro atoms. The molecule has 3 aromatic rings. The molecule has 0 unspecified atom stereocenters. The van der Waals surface area contributed by atoms with E-state index in [-0.39, 0.29) is 5.91 Å². The molecular weight excluding hydrogens is 422 g/mol. The summed E-state index contributed by atoms with van der Waals surface area (Å²) in [5.74, 6) is 1.42. The summed E-state index contributed by atoms with van der Waals surface area (Å²) in [6.45, 7) is 7.75. The lowest BCUT2D eigenvalue weighted by atomic mass is 9.96. The maximum atomic E-state index is 12.7. The second kappa shape index (κ2) is 9.32. The summed E-state index contributed by atoms with van der Waals surface area (Å²) in [4.78, 5) is 20.4. The zero-order valence-corrected chi connectivity index (χ0v) is 18.7. The molecule has 7 nitrogen and oxygen atoms in total. The molecule has 9 heteroatoms. The van der Waals surface area contributed by atoms with Crippen LogP contribution in [-0.2, 0) is 6.54 Å². The van der Waals surface area contributed by atoms with Crippen molar-refractivity contribution in [2.75, 3.05) is 19.6 Å². The number of likely N-dealkylation sites (tertiary alicyclic amines) is 1. The molecule has 1 aliphatic heterocycles. The van der Waals surface area contributed by atoms with Crippen LogP contribution in [-0.4, -0.2) is 51.2 Å². The summed E-state index contributed by atoms with van der Waals surface area (Å²) in [7, 11) is 0. The van der Waals surface area contributed by atoms with Crippen molar-refractivity contribution in [3.8, 4) is 10.6 Å². The highest BCUT2D eigenvalue weighted by molar-refractivity contribution is 7.19. The number of piperidine rings is 1. The third-order valence-electron chi connectivity index (χ3n) is 5.56. The Kier molecular flexibility index (Phi) is 6.55. The zero-order chi connectivity index (χ0) is 21.1. The zero-order valence-electron chi connectivity index (χ0n) is 17.2. The second-order valence-corrected chi connectivity index (χ2v) is 9.66. The summed E-state index contributed by atoms with van der Waals surface area (Å²) in [5, 5.41) is 7.18. The van der Waals surface area contributed by atoms with E-state index in [0.717, 1.165) is 36.5 Å². The Morgan fingerprint density at radius 3 is 2.87 bits per heavy atom. The maximum absolute atomic E-state index is 12.7. The molecule has 0 saturated carbocycles. The van der Waals surface area contributed by atoms with Crippen LogP contribution < -0.4 is 5.32 Å². The Balaban J connectivity index is 1.33. The van der Waals surface area contributed by atoms with Gasteiger partial charge in [0, 0.05) is 31.0 Å². The molecule has 1 N–H and O–H groups in total. The number of aromatic nitrogens is 3. The van der Waals surface area contributed by atoms with Gasteiger partial charge in [0.25, 0.3) is 5.91 Å². The lowest BCUT2D eigenvalue weighted by Crippen LogP contribution is -2.41. The quantitative estimate of drug-likeness (QED) is 0.588. The van der Waals surface area contributed by atoms with Crippen molar-refractivity contribution in [1.29, 1.82) is 0 Å². The predicted octanol–water partition coefficient (Wildman–Crippen LogP) is 4.15. The van der Waals surface area contributed by atoms with E-state index >= 15 is 0 Å². The van der Waals surface area contributed by atoms with Crippen molar-refractivity contribution in [1.82, 2.24) is 24.9 Å². The highest BCUT2D eigenvalue weighted by Gasteiger charge is 2.22. The molecule has 4 rings (SSSR count). The third-order valence-corrected chi connectivity index (χ3v) is 6.80. The van der Waals surface area contributed by atoms with E-state index in [1.54, 1.807) is 17.0 Å². The van der Waals surface area contributed by atoms with Crippen LogP contribution in [0, 0.1) is 5.92 Å². The van der Waals surface area contributed by atoms with Gasteiger partial charge in [-0.15, -0.1) is 11.3 Å². The number of hydrogen-bond donors (Lipinski definition) is 1. The average molecular weight is 448 g/mol. The van der Waals surface area contributed by atoms with Gasteiger partial charge >= 0.3 is 0 Å². The SMILES string of the molecule is CC(C)N1CCC(CNC(=O)c2nccn2Cc2cc(-c3ccc(Cl)s3)on2)CC1. The number of amides is 1. The molecule has 0 atom stereocenters. The Labute approximate surface area is 185 Å². The maximum Gasteiger partial charge on any atom is 0.287 e. The van der Waals surface area contributed by atoms with Crippen molar-refractivity contribution in [2.45, 2.75) is 39.3 Å². The van der Waals surface area contributed by atoms with Gasteiger partial charge in [0.2, 0.25) is 0 Å². The molecule has 0 radical (unpaired) electrons. The number of carbonyl (C=O) groups is 1. The third kappa shape index (κ3) is 4.94. The first kappa shape index (κ1) is 21.1. The Bertz CT molecular complexity index is 987. The van der Waals surface area contributed by atoms with Crippen molar-refractivity contribution in [3.05, 3.63) is 46.4 Å². The first-order valence-corrected chi connectivity index (χ1v) is 11.4. The fraction of sp³-hybridized carbons (Fsp3) is 0.476. The number of nitrogens with zero attached hydrogens (tertiary/aromatic N) is 4. The lowest BCUT2D eigenvalue weighted by molar-refractivity contribution is 0.0915. The number of thiophene rings is 1. The monoisotopic (exact) mass is 447 g/mol. The molecule has 0 bridgehead atoms. The van der Waals surface area contributed by atoms with Crippen LogP contribution >= 0.6 is 22.9 Å². The molecule has 1 aliphatic rings. The van der Waals surface area contributed by atoms with Crippen molar-refractivity contribution in [2.24, 2.45) is 5.92 Å². The van der Waals surface area contributed by atoms with Crippen molar-refractivity contribution >= 4 is 28.8 Å². The van der Waals surface area contributed by atoms with Gasteiger partial charge in [-0.2, -0.15) is 0 Å². The number of rotatable bonds is 7. The number of imidazole rings is 1. The van der Waals surface area contributed by atoms with E-state index in [1.165, 1.54) is 11.3 Å². The number of carbonyl (C=O) groups excluding carboxylic acids is 1. The van der Waals surface area contributed by atoms with E-state index in [9.17, 15) is 4.79 Å². The van der Waals surface area contributed by atoms with Crippen LogP contribution in [0.3, 0.4) is 0 Å². The molecule has 0 aliphatic carbocycles.